The fourth-order valence-electron chi connectivity index (χ4n) is 2.94. The molecule has 0 saturated heterocycles. The van der Waals surface area contributed by atoms with Crippen molar-refractivity contribution in [1.29, 1.82) is 0 Å². The molecule has 0 radical (unpaired) electrons. The number of primary amides is 1. The Labute approximate surface area is 142 Å². The molecule has 1 aromatic heterocycles. The lowest BCUT2D eigenvalue weighted by atomic mass is 10.1. The van der Waals surface area contributed by atoms with Crippen molar-refractivity contribution in [2.24, 2.45) is 5.73 Å². The number of nitrogens with two attached hydrogens (primary N) is 1. The van der Waals surface area contributed by atoms with Crippen molar-refractivity contribution >= 4 is 5.91 Å². The van der Waals surface area contributed by atoms with Crippen LogP contribution in [0.1, 0.15) is 94.3 Å². The van der Waals surface area contributed by atoms with Crippen molar-refractivity contribution in [2.75, 3.05) is 0 Å². The summed E-state index contributed by atoms with van der Waals surface area (Å²) in [5.74, 6) is -0.353. The van der Waals surface area contributed by atoms with Crippen LogP contribution >= 0.6 is 0 Å². The molecule has 2 N–H and O–H groups in total. The van der Waals surface area contributed by atoms with E-state index in [9.17, 15) is 4.79 Å². The Balaban J connectivity index is 1.93. The summed E-state index contributed by atoms with van der Waals surface area (Å²) in [7, 11) is 0. The molecule has 0 unspecified atom stereocenters. The first kappa shape index (κ1) is 19.7. The van der Waals surface area contributed by atoms with E-state index < -0.39 is 0 Å². The van der Waals surface area contributed by atoms with Gasteiger partial charge >= 0.3 is 0 Å². The van der Waals surface area contributed by atoms with Crippen molar-refractivity contribution in [3.8, 4) is 0 Å². The van der Waals surface area contributed by atoms with E-state index in [2.05, 4.69) is 11.5 Å². The Kier molecular flexibility index (Phi) is 11.2. The normalized spacial score (nSPS) is 10.8. The highest BCUT2D eigenvalue weighted by Gasteiger charge is 2.06. The maximum atomic E-state index is 11.1. The van der Waals surface area contributed by atoms with Gasteiger partial charge in [0.15, 0.2) is 12.4 Å². The predicted molar refractivity (Wildman–Crippen MR) is 96.2 cm³/mol. The average molecular weight is 320 g/mol. The third kappa shape index (κ3) is 10.1. The summed E-state index contributed by atoms with van der Waals surface area (Å²) in [4.78, 5) is 11.1. The van der Waals surface area contributed by atoms with Gasteiger partial charge in [-0.1, -0.05) is 71.1 Å². The lowest BCUT2D eigenvalue weighted by Crippen LogP contribution is -2.34. The maximum Gasteiger partial charge on any atom is 0.254 e. The van der Waals surface area contributed by atoms with Gasteiger partial charge in [-0.05, 0) is 12.5 Å². The number of rotatable bonds is 14. The fraction of sp³-hybridized carbons (Fsp3) is 0.700. The molecule has 23 heavy (non-hydrogen) atoms. The zero-order chi connectivity index (χ0) is 16.8. The summed E-state index contributed by atoms with van der Waals surface area (Å²) in [6.45, 7) is 3.24. The third-order valence-corrected chi connectivity index (χ3v) is 4.41. The molecule has 0 spiro atoms. The number of amides is 1. The number of aromatic nitrogens is 1. The SMILES string of the molecule is CCCCCCCCCCCCCC[n+]1cccc(C(N)=O)c1. The minimum absolute atomic E-state index is 0.353. The molecule has 0 aromatic carbocycles. The smallest absolute Gasteiger partial charge is 0.254 e. The van der Waals surface area contributed by atoms with Gasteiger partial charge in [-0.25, -0.2) is 4.57 Å². The van der Waals surface area contributed by atoms with Gasteiger partial charge in [-0.15, -0.1) is 0 Å². The van der Waals surface area contributed by atoms with Crippen LogP contribution in [0.4, 0.5) is 0 Å². The minimum Gasteiger partial charge on any atom is -0.365 e. The molecule has 0 aliphatic carbocycles. The van der Waals surface area contributed by atoms with Crippen LogP contribution in [0.5, 0.6) is 0 Å². The minimum atomic E-state index is -0.353. The lowest BCUT2D eigenvalue weighted by molar-refractivity contribution is -0.697. The van der Waals surface area contributed by atoms with Crippen molar-refractivity contribution in [1.82, 2.24) is 0 Å². The van der Waals surface area contributed by atoms with Gasteiger partial charge in [0.2, 0.25) is 0 Å². The number of hydrogen-bond donors (Lipinski definition) is 1. The summed E-state index contributed by atoms with van der Waals surface area (Å²) >= 11 is 0. The maximum absolute atomic E-state index is 11.1. The molecule has 130 valence electrons. The molecule has 3 nitrogen and oxygen atoms in total. The molecule has 1 aromatic rings. The number of nitrogens with zero attached hydrogens (tertiary/aromatic N) is 1. The molecular formula is C20H35N2O+. The van der Waals surface area contributed by atoms with Crippen LogP contribution in [0.3, 0.4) is 0 Å². The van der Waals surface area contributed by atoms with Gasteiger partial charge in [0, 0.05) is 12.5 Å². The Morgan fingerprint density at radius 1 is 0.913 bits per heavy atom. The van der Waals surface area contributed by atoms with Gasteiger partial charge in [-0.3, -0.25) is 4.79 Å². The summed E-state index contributed by atoms with van der Waals surface area (Å²) in [5.41, 5.74) is 5.89. The van der Waals surface area contributed by atoms with Crippen LogP contribution in [0.2, 0.25) is 0 Å². The van der Waals surface area contributed by atoms with Crippen molar-refractivity contribution in [3.05, 3.63) is 30.1 Å². The fourth-order valence-corrected chi connectivity index (χ4v) is 2.94. The van der Waals surface area contributed by atoms with Crippen LogP contribution < -0.4 is 10.3 Å². The first-order chi connectivity index (χ1) is 11.2. The quantitative estimate of drug-likeness (QED) is 0.389. The Hall–Kier alpha value is -1.38. The summed E-state index contributed by atoms with van der Waals surface area (Å²) in [5, 5.41) is 0. The molecule has 1 rings (SSSR count). The van der Waals surface area contributed by atoms with Crippen LogP contribution in [-0.2, 0) is 6.54 Å². The largest absolute Gasteiger partial charge is 0.365 e. The van der Waals surface area contributed by atoms with Gasteiger partial charge in [0.1, 0.15) is 12.1 Å². The molecule has 0 aliphatic heterocycles. The van der Waals surface area contributed by atoms with Gasteiger partial charge < -0.3 is 5.73 Å². The van der Waals surface area contributed by atoms with Crippen molar-refractivity contribution in [3.63, 3.8) is 0 Å². The Morgan fingerprint density at radius 2 is 1.43 bits per heavy atom. The van der Waals surface area contributed by atoms with E-state index in [0.717, 1.165) is 6.54 Å². The molecule has 1 heterocycles. The van der Waals surface area contributed by atoms with E-state index in [1.165, 1.54) is 77.0 Å². The second-order valence-corrected chi connectivity index (χ2v) is 6.58. The zero-order valence-corrected chi connectivity index (χ0v) is 14.9. The van der Waals surface area contributed by atoms with E-state index in [4.69, 9.17) is 5.73 Å². The first-order valence-electron chi connectivity index (χ1n) is 9.53. The first-order valence-corrected chi connectivity index (χ1v) is 9.53. The van der Waals surface area contributed by atoms with Crippen LogP contribution in [0.15, 0.2) is 24.5 Å². The lowest BCUT2D eigenvalue weighted by Gasteiger charge is -2.02. The summed E-state index contributed by atoms with van der Waals surface area (Å²) in [6.07, 6.45) is 20.2. The number of aryl methyl sites for hydroxylation is 1. The molecule has 0 atom stereocenters. The standard InChI is InChI=1S/C20H34N2O/c1-2-3-4-5-6-7-8-9-10-11-12-13-16-22-17-14-15-19(18-22)20(21)23/h14-15,17-18H,2-13,16H2,1H3,(H-,21,23)/p+1. The highest BCUT2D eigenvalue weighted by Crippen LogP contribution is 2.11. The summed E-state index contributed by atoms with van der Waals surface area (Å²) in [6, 6.07) is 3.65. The van der Waals surface area contributed by atoms with E-state index >= 15 is 0 Å². The second kappa shape index (κ2) is 13.1. The second-order valence-electron chi connectivity index (χ2n) is 6.58. The molecule has 0 bridgehead atoms. The Bertz CT molecular complexity index is 431. The predicted octanol–water partition coefficient (Wildman–Crippen LogP) is 4.77. The third-order valence-electron chi connectivity index (χ3n) is 4.41. The molecule has 0 saturated carbocycles. The topological polar surface area (TPSA) is 47.0 Å². The molecule has 3 heteroatoms. The van der Waals surface area contributed by atoms with E-state index in [1.54, 1.807) is 6.07 Å². The highest BCUT2D eigenvalue weighted by molar-refractivity contribution is 5.92. The molecule has 1 amide bonds. The van der Waals surface area contributed by atoms with Gasteiger partial charge in [0.25, 0.3) is 5.91 Å². The molecule has 0 aliphatic rings. The van der Waals surface area contributed by atoms with E-state index in [-0.39, 0.29) is 5.91 Å². The average Bonchev–Trinajstić information content (AvgIpc) is 2.56. The number of hydrogen-bond acceptors (Lipinski definition) is 1. The number of carbonyl (C=O) groups excluding carboxylic acids is 1. The van der Waals surface area contributed by atoms with Gasteiger partial charge in [0.05, 0.1) is 0 Å². The van der Waals surface area contributed by atoms with E-state index in [0.29, 0.717) is 5.56 Å². The zero-order valence-electron chi connectivity index (χ0n) is 14.9. The monoisotopic (exact) mass is 319 g/mol. The summed E-state index contributed by atoms with van der Waals surface area (Å²) < 4.78 is 2.07. The van der Waals surface area contributed by atoms with Crippen LogP contribution in [-0.4, -0.2) is 5.91 Å². The number of unbranched alkanes of at least 4 members (excludes halogenated alkanes) is 11. The molecular weight excluding hydrogens is 284 g/mol. The van der Waals surface area contributed by atoms with Crippen LogP contribution in [0, 0.1) is 0 Å². The van der Waals surface area contributed by atoms with E-state index in [1.807, 2.05) is 18.5 Å². The highest BCUT2D eigenvalue weighted by atomic mass is 16.1. The van der Waals surface area contributed by atoms with Crippen molar-refractivity contribution in [2.45, 2.75) is 90.5 Å². The van der Waals surface area contributed by atoms with Gasteiger partial charge in [-0.2, -0.15) is 0 Å². The Morgan fingerprint density at radius 3 is 1.96 bits per heavy atom. The van der Waals surface area contributed by atoms with Crippen LogP contribution in [0.25, 0.3) is 0 Å². The van der Waals surface area contributed by atoms with Crippen molar-refractivity contribution < 1.29 is 9.36 Å². The number of pyridine rings is 1. The molecule has 0 fully saturated rings. The number of carbonyl (C=O) groups is 1.